The van der Waals surface area contributed by atoms with Gasteiger partial charge >= 0.3 is 0 Å². The van der Waals surface area contributed by atoms with E-state index in [1.54, 1.807) is 41.5 Å². The Hall–Kier alpha value is -4.78. The van der Waals surface area contributed by atoms with Gasteiger partial charge in [-0.05, 0) is 75.4 Å². The number of nitrogens with zero attached hydrogens (tertiary/aromatic N) is 7. The second-order valence-corrected chi connectivity index (χ2v) is 12.9. The third kappa shape index (κ3) is 5.41. The maximum atomic E-state index is 13.5. The summed E-state index contributed by atoms with van der Waals surface area (Å²) in [7, 11) is 3.95. The van der Waals surface area contributed by atoms with E-state index in [9.17, 15) is 19.2 Å². The summed E-state index contributed by atoms with van der Waals surface area (Å²) < 4.78 is 2.62. The predicted molar refractivity (Wildman–Crippen MR) is 181 cm³/mol. The highest BCUT2D eigenvalue weighted by molar-refractivity contribution is 9.10. The smallest absolute Gasteiger partial charge is 0.261 e. The van der Waals surface area contributed by atoms with Crippen LogP contribution >= 0.6 is 15.9 Å². The molecule has 2 aliphatic heterocycles. The van der Waals surface area contributed by atoms with E-state index in [1.165, 1.54) is 9.80 Å². The zero-order valence-electron chi connectivity index (χ0n) is 26.0. The zero-order valence-corrected chi connectivity index (χ0v) is 27.6. The van der Waals surface area contributed by atoms with E-state index < -0.39 is 0 Å². The van der Waals surface area contributed by atoms with Crippen LogP contribution in [0.4, 0.5) is 0 Å². The lowest BCUT2D eigenvalue weighted by Gasteiger charge is -2.30. The quantitative estimate of drug-likeness (QED) is 0.186. The molecule has 0 fully saturated rings. The Balaban J connectivity index is 0.920. The maximum absolute atomic E-state index is 13.5. The van der Waals surface area contributed by atoms with Gasteiger partial charge in [0, 0.05) is 69.1 Å². The number of imide groups is 2. The summed E-state index contributed by atoms with van der Waals surface area (Å²) in [6, 6.07) is 18.3. The molecule has 1 aromatic heterocycles. The van der Waals surface area contributed by atoms with Crippen LogP contribution in [0.1, 0.15) is 47.9 Å². The number of likely N-dealkylation sites (N-methyl/N-ethyl adjacent to an activating group) is 2. The first kappa shape index (κ1) is 30.9. The van der Waals surface area contributed by atoms with Crippen LogP contribution in [0.15, 0.2) is 77.8 Å². The molecule has 47 heavy (non-hydrogen) atoms. The molecule has 0 atom stereocenters. The van der Waals surface area contributed by atoms with Crippen molar-refractivity contribution >= 4 is 61.1 Å². The van der Waals surface area contributed by atoms with E-state index in [0.717, 1.165) is 40.4 Å². The van der Waals surface area contributed by atoms with Crippen molar-refractivity contribution in [1.82, 2.24) is 34.4 Å². The van der Waals surface area contributed by atoms with Crippen LogP contribution in [0.5, 0.6) is 0 Å². The lowest BCUT2D eigenvalue weighted by molar-refractivity contribution is 0.0585. The van der Waals surface area contributed by atoms with Crippen molar-refractivity contribution in [1.29, 1.82) is 0 Å². The van der Waals surface area contributed by atoms with Gasteiger partial charge in [0.15, 0.2) is 0 Å². The molecule has 4 aromatic carbocycles. The minimum atomic E-state index is -0.296. The topological polar surface area (TPSA) is 112 Å². The van der Waals surface area contributed by atoms with Crippen molar-refractivity contribution in [3.8, 4) is 5.69 Å². The van der Waals surface area contributed by atoms with E-state index in [4.69, 9.17) is 0 Å². The van der Waals surface area contributed by atoms with Crippen molar-refractivity contribution in [2.45, 2.75) is 6.42 Å². The van der Waals surface area contributed by atoms with Gasteiger partial charge in [0.25, 0.3) is 23.6 Å². The fourth-order valence-electron chi connectivity index (χ4n) is 6.57. The third-order valence-corrected chi connectivity index (χ3v) is 9.79. The number of carbonyl (C=O) groups excluding carboxylic acids is 4. The molecular formula is C35H32BrN7O4. The van der Waals surface area contributed by atoms with Gasteiger partial charge < -0.3 is 9.80 Å². The Bertz CT molecular complexity index is 2040. The Morgan fingerprint density at radius 3 is 1.62 bits per heavy atom. The number of halogens is 1. The third-order valence-electron chi connectivity index (χ3n) is 9.09. The van der Waals surface area contributed by atoms with Crippen molar-refractivity contribution in [2.75, 3.05) is 53.4 Å². The van der Waals surface area contributed by atoms with Crippen LogP contribution in [0.25, 0.3) is 27.2 Å². The summed E-state index contributed by atoms with van der Waals surface area (Å²) in [4.78, 5) is 60.5. The van der Waals surface area contributed by atoms with Gasteiger partial charge in [0.1, 0.15) is 12.7 Å². The van der Waals surface area contributed by atoms with E-state index in [1.807, 2.05) is 50.5 Å². The summed E-state index contributed by atoms with van der Waals surface area (Å²) in [5, 5.41) is 10.8. The minimum absolute atomic E-state index is 0.268. The molecule has 11 nitrogen and oxygen atoms in total. The predicted octanol–water partition coefficient (Wildman–Crippen LogP) is 4.48. The Labute approximate surface area is 279 Å². The number of hydrogen-bond acceptors (Lipinski definition) is 8. The van der Waals surface area contributed by atoms with Gasteiger partial charge in [0.2, 0.25) is 0 Å². The standard InChI is InChI=1S/C35H32BrN7O4/c1-39(16-18-42-32(44)24-8-3-6-22-28(36)12-10-26(30(22)24)34(42)46)14-5-15-40(2)17-19-43-33(45)25-9-4-7-23-29(41-20-37-38-21-41)13-11-27(31(23)25)35(43)47/h3-4,6-13,20-21H,5,14-19H2,1-2H3. The Kier molecular flexibility index (Phi) is 8.16. The van der Waals surface area contributed by atoms with Crippen LogP contribution in [0, 0.1) is 0 Å². The summed E-state index contributed by atoms with van der Waals surface area (Å²) in [6.07, 6.45) is 4.01. The number of aromatic nitrogens is 3. The summed E-state index contributed by atoms with van der Waals surface area (Å²) in [5.41, 5.74) is 2.92. The van der Waals surface area contributed by atoms with Crippen LogP contribution < -0.4 is 0 Å². The summed E-state index contributed by atoms with van der Waals surface area (Å²) in [6.45, 7) is 3.15. The van der Waals surface area contributed by atoms with Gasteiger partial charge in [-0.3, -0.25) is 33.5 Å². The Morgan fingerprint density at radius 1 is 0.596 bits per heavy atom. The molecular weight excluding hydrogens is 662 g/mol. The molecule has 2 aliphatic rings. The van der Waals surface area contributed by atoms with Crippen molar-refractivity contribution in [2.24, 2.45) is 0 Å². The van der Waals surface area contributed by atoms with Crippen LogP contribution in [0.2, 0.25) is 0 Å². The lowest BCUT2D eigenvalue weighted by atomic mass is 9.93. The van der Waals surface area contributed by atoms with Crippen LogP contribution in [-0.2, 0) is 0 Å². The zero-order chi connectivity index (χ0) is 32.8. The van der Waals surface area contributed by atoms with Crippen LogP contribution in [-0.4, -0.2) is 111 Å². The van der Waals surface area contributed by atoms with Gasteiger partial charge in [-0.15, -0.1) is 10.2 Å². The highest BCUT2D eigenvalue weighted by atomic mass is 79.9. The number of benzene rings is 4. The second kappa shape index (κ2) is 12.4. The molecule has 0 spiro atoms. The van der Waals surface area contributed by atoms with E-state index in [0.29, 0.717) is 52.7 Å². The average Bonchev–Trinajstić information content (AvgIpc) is 3.61. The fourth-order valence-corrected chi connectivity index (χ4v) is 7.04. The van der Waals surface area contributed by atoms with E-state index >= 15 is 0 Å². The normalized spacial score (nSPS) is 14.5. The molecule has 0 bridgehead atoms. The molecule has 0 unspecified atom stereocenters. The van der Waals surface area contributed by atoms with Crippen molar-refractivity contribution in [3.63, 3.8) is 0 Å². The maximum Gasteiger partial charge on any atom is 0.261 e. The SMILES string of the molecule is CN(CCCN(C)CCN1C(=O)c2cccc3c(-n4cnnc4)ccc(c23)C1=O)CCN1C(=O)c2cccc3c(Br)ccc(c23)C1=O. The summed E-state index contributed by atoms with van der Waals surface area (Å²) >= 11 is 3.53. The van der Waals surface area contributed by atoms with Gasteiger partial charge in [-0.2, -0.15) is 0 Å². The first-order valence-electron chi connectivity index (χ1n) is 15.5. The fraction of sp³-hybridized carbons (Fsp3) is 0.257. The molecule has 0 N–H and O–H groups in total. The minimum Gasteiger partial charge on any atom is -0.305 e. The van der Waals surface area contributed by atoms with Crippen molar-refractivity contribution in [3.05, 3.63) is 100 Å². The van der Waals surface area contributed by atoms with E-state index in [-0.39, 0.29) is 30.2 Å². The largest absolute Gasteiger partial charge is 0.305 e. The molecule has 238 valence electrons. The number of hydrogen-bond donors (Lipinski definition) is 0. The van der Waals surface area contributed by atoms with Gasteiger partial charge in [0.05, 0.1) is 5.69 Å². The van der Waals surface area contributed by atoms with Gasteiger partial charge in [-0.1, -0.05) is 40.2 Å². The lowest BCUT2D eigenvalue weighted by Crippen LogP contribution is -2.45. The van der Waals surface area contributed by atoms with Crippen LogP contribution in [0.3, 0.4) is 0 Å². The average molecular weight is 695 g/mol. The van der Waals surface area contributed by atoms with Crippen molar-refractivity contribution < 1.29 is 19.2 Å². The molecule has 0 saturated carbocycles. The first-order valence-corrected chi connectivity index (χ1v) is 16.3. The Morgan fingerprint density at radius 2 is 1.06 bits per heavy atom. The molecule has 0 radical (unpaired) electrons. The monoisotopic (exact) mass is 693 g/mol. The molecule has 5 aromatic rings. The number of rotatable bonds is 11. The second-order valence-electron chi connectivity index (χ2n) is 12.0. The molecule has 4 amide bonds. The molecule has 7 rings (SSSR count). The highest BCUT2D eigenvalue weighted by Crippen LogP contribution is 2.35. The molecule has 0 saturated heterocycles. The molecule has 0 aliphatic carbocycles. The number of carbonyl (C=O) groups is 4. The summed E-state index contributed by atoms with van der Waals surface area (Å²) in [5.74, 6) is -1.13. The molecule has 12 heteroatoms. The molecule has 3 heterocycles. The number of amides is 4. The highest BCUT2D eigenvalue weighted by Gasteiger charge is 2.34. The first-order chi connectivity index (χ1) is 22.7. The van der Waals surface area contributed by atoms with Gasteiger partial charge in [-0.25, -0.2) is 0 Å². The van der Waals surface area contributed by atoms with E-state index in [2.05, 4.69) is 35.9 Å².